The van der Waals surface area contributed by atoms with E-state index in [4.69, 9.17) is 0 Å². The van der Waals surface area contributed by atoms with Crippen LogP contribution < -0.4 is 9.80 Å². The van der Waals surface area contributed by atoms with Crippen molar-refractivity contribution in [3.05, 3.63) is 259 Å². The van der Waals surface area contributed by atoms with E-state index in [1.165, 1.54) is 71.6 Å². The molecule has 0 bridgehead atoms. The van der Waals surface area contributed by atoms with Gasteiger partial charge >= 0.3 is 0 Å². The maximum absolute atomic E-state index is 2.52. The van der Waals surface area contributed by atoms with Gasteiger partial charge in [0.1, 0.15) is 0 Å². The van der Waals surface area contributed by atoms with Gasteiger partial charge in [0.25, 0.3) is 0 Å². The predicted octanol–water partition coefficient (Wildman–Crippen LogP) is 15.6. The molecule has 2 aliphatic rings. The van der Waals surface area contributed by atoms with Gasteiger partial charge in [0.15, 0.2) is 0 Å². The van der Waals surface area contributed by atoms with E-state index >= 15 is 0 Å². The van der Waals surface area contributed by atoms with Crippen molar-refractivity contribution in [3.63, 3.8) is 0 Å². The van der Waals surface area contributed by atoms with Gasteiger partial charge in [-0.05, 0) is 118 Å². The SMILES string of the molecule is c1ccc(N(c2ccccc2)c2ccc(N(c3ccc4c(c3)C3(c5ccccc5-4)c4ccccc4-n4c5ccccc5c5cccc3c54)c3cccc4ccccc34)cc2)cc1. The number of anilines is 6. The van der Waals surface area contributed by atoms with Crippen LogP contribution >= 0.6 is 0 Å². The van der Waals surface area contributed by atoms with Crippen LogP contribution in [0.25, 0.3) is 49.4 Å². The van der Waals surface area contributed by atoms with Gasteiger partial charge < -0.3 is 14.4 Å². The minimum Gasteiger partial charge on any atom is -0.311 e. The molecular weight excluding hydrogens is 751 g/mol. The Balaban J connectivity index is 1.07. The molecule has 10 aromatic carbocycles. The molecule has 290 valence electrons. The zero-order valence-corrected chi connectivity index (χ0v) is 33.9. The van der Waals surface area contributed by atoms with Crippen molar-refractivity contribution in [2.24, 2.45) is 0 Å². The summed E-state index contributed by atoms with van der Waals surface area (Å²) in [4.78, 5) is 4.79. The maximum atomic E-state index is 2.52. The molecule has 1 aliphatic heterocycles. The first-order valence-corrected chi connectivity index (χ1v) is 21.4. The van der Waals surface area contributed by atoms with Gasteiger partial charge in [-0.25, -0.2) is 0 Å². The van der Waals surface area contributed by atoms with Crippen LogP contribution in [0.5, 0.6) is 0 Å². The lowest BCUT2D eigenvalue weighted by atomic mass is 9.65. The normalized spacial score (nSPS) is 14.5. The zero-order chi connectivity index (χ0) is 40.8. The number of aromatic nitrogens is 1. The van der Waals surface area contributed by atoms with Crippen molar-refractivity contribution in [1.29, 1.82) is 0 Å². The molecule has 0 saturated heterocycles. The molecule has 62 heavy (non-hydrogen) atoms. The summed E-state index contributed by atoms with van der Waals surface area (Å²) in [6.07, 6.45) is 0. The summed E-state index contributed by atoms with van der Waals surface area (Å²) in [7, 11) is 0. The monoisotopic (exact) mass is 789 g/mol. The summed E-state index contributed by atoms with van der Waals surface area (Å²) in [5, 5.41) is 4.97. The van der Waals surface area contributed by atoms with Crippen LogP contribution in [0, 0.1) is 0 Å². The maximum Gasteiger partial charge on any atom is 0.0755 e. The third kappa shape index (κ3) is 4.82. The van der Waals surface area contributed by atoms with Crippen molar-refractivity contribution in [3.8, 4) is 16.8 Å². The summed E-state index contributed by atoms with van der Waals surface area (Å²) >= 11 is 0. The predicted molar refractivity (Wildman–Crippen MR) is 259 cm³/mol. The number of nitrogens with zero attached hydrogens (tertiary/aromatic N) is 3. The van der Waals surface area contributed by atoms with Crippen molar-refractivity contribution in [1.82, 2.24) is 4.57 Å². The van der Waals surface area contributed by atoms with Crippen LogP contribution in [0.15, 0.2) is 237 Å². The molecule has 2 heterocycles. The van der Waals surface area contributed by atoms with Crippen molar-refractivity contribution >= 4 is 66.7 Å². The number of hydrogen-bond acceptors (Lipinski definition) is 2. The second-order valence-electron chi connectivity index (χ2n) is 16.5. The minimum absolute atomic E-state index is 0.553. The van der Waals surface area contributed by atoms with Crippen LogP contribution in [0.4, 0.5) is 34.1 Å². The molecule has 1 atom stereocenters. The quantitative estimate of drug-likeness (QED) is 0.166. The van der Waals surface area contributed by atoms with E-state index in [0.717, 1.165) is 34.1 Å². The van der Waals surface area contributed by atoms with Crippen molar-refractivity contribution < 1.29 is 0 Å². The molecule has 0 saturated carbocycles. The van der Waals surface area contributed by atoms with E-state index in [1.54, 1.807) is 0 Å². The molecule has 1 unspecified atom stereocenters. The van der Waals surface area contributed by atoms with Gasteiger partial charge in [0.05, 0.1) is 27.8 Å². The van der Waals surface area contributed by atoms with E-state index in [-0.39, 0.29) is 0 Å². The smallest absolute Gasteiger partial charge is 0.0755 e. The molecule has 0 radical (unpaired) electrons. The highest BCUT2D eigenvalue weighted by Crippen LogP contribution is 2.62. The number of hydrogen-bond donors (Lipinski definition) is 0. The fraction of sp³-hybridized carbons (Fsp3) is 0.0169. The number of para-hydroxylation sites is 5. The first kappa shape index (κ1) is 34.7. The lowest BCUT2D eigenvalue weighted by molar-refractivity contribution is 0.748. The average molecular weight is 790 g/mol. The molecule has 1 spiro atoms. The molecule has 3 heteroatoms. The largest absolute Gasteiger partial charge is 0.311 e. The van der Waals surface area contributed by atoms with Crippen LogP contribution in [-0.2, 0) is 5.41 Å². The van der Waals surface area contributed by atoms with E-state index in [9.17, 15) is 0 Å². The lowest BCUT2D eigenvalue weighted by Crippen LogP contribution is -2.33. The summed E-state index contributed by atoms with van der Waals surface area (Å²) in [5.74, 6) is 0. The highest BCUT2D eigenvalue weighted by Gasteiger charge is 2.51. The van der Waals surface area contributed by atoms with E-state index in [0.29, 0.717) is 0 Å². The Labute approximate surface area is 360 Å². The van der Waals surface area contributed by atoms with Crippen molar-refractivity contribution in [2.75, 3.05) is 9.80 Å². The molecule has 13 rings (SSSR count). The van der Waals surface area contributed by atoms with Gasteiger partial charge in [-0.15, -0.1) is 0 Å². The lowest BCUT2D eigenvalue weighted by Gasteiger charge is -2.40. The highest BCUT2D eigenvalue weighted by atomic mass is 15.2. The Bertz CT molecular complexity index is 3490. The van der Waals surface area contributed by atoms with Gasteiger partial charge in [-0.1, -0.05) is 158 Å². The molecular formula is C59H39N3. The van der Waals surface area contributed by atoms with Crippen LogP contribution in [0.3, 0.4) is 0 Å². The number of rotatable bonds is 6. The first-order chi connectivity index (χ1) is 30.8. The van der Waals surface area contributed by atoms with E-state index in [1.807, 2.05) is 0 Å². The summed E-state index contributed by atoms with van der Waals surface area (Å²) in [6.45, 7) is 0. The Morgan fingerprint density at radius 3 is 1.65 bits per heavy atom. The van der Waals surface area contributed by atoms with Crippen LogP contribution in [0.1, 0.15) is 22.3 Å². The molecule has 0 amide bonds. The fourth-order valence-electron chi connectivity index (χ4n) is 10.9. The topological polar surface area (TPSA) is 11.4 Å². The summed E-state index contributed by atoms with van der Waals surface area (Å²) in [5.41, 5.74) is 17.6. The molecule has 3 nitrogen and oxygen atoms in total. The molecule has 11 aromatic rings. The molecule has 0 N–H and O–H groups in total. The van der Waals surface area contributed by atoms with Gasteiger partial charge in [-0.3, -0.25) is 0 Å². The van der Waals surface area contributed by atoms with E-state index in [2.05, 4.69) is 251 Å². The van der Waals surface area contributed by atoms with Crippen molar-refractivity contribution in [2.45, 2.75) is 5.41 Å². The zero-order valence-electron chi connectivity index (χ0n) is 33.9. The van der Waals surface area contributed by atoms with Crippen LogP contribution in [0.2, 0.25) is 0 Å². The molecule has 1 aromatic heterocycles. The Hall–Kier alpha value is -8.14. The van der Waals surface area contributed by atoms with Crippen LogP contribution in [-0.4, -0.2) is 4.57 Å². The Morgan fingerprint density at radius 1 is 0.323 bits per heavy atom. The fourth-order valence-corrected chi connectivity index (χ4v) is 10.9. The second-order valence-corrected chi connectivity index (χ2v) is 16.5. The standard InChI is InChI=1S/C59H39N3/c1-3-19-41(20-4-1)60(42-21-5-2-6-22-42)43-33-35-44(36-34-43)61(55-32-15-18-40-17-7-8-23-46(40)55)45-37-38-48-47-24-9-11-27-51(47)59(54(48)39-45)52-28-12-14-31-57(52)62-56-30-13-10-25-49(56)50-26-16-29-53(59)58(50)62/h1-39H. The average Bonchev–Trinajstić information content (AvgIpc) is 3.83. The third-order valence-corrected chi connectivity index (χ3v) is 13.3. The molecule has 1 aliphatic carbocycles. The number of benzene rings is 10. The summed E-state index contributed by atoms with van der Waals surface area (Å²) < 4.78 is 2.52. The Morgan fingerprint density at radius 2 is 0.855 bits per heavy atom. The van der Waals surface area contributed by atoms with E-state index < -0.39 is 5.41 Å². The van der Waals surface area contributed by atoms with Gasteiger partial charge in [0, 0.05) is 44.6 Å². The highest BCUT2D eigenvalue weighted by molar-refractivity contribution is 6.13. The molecule has 0 fully saturated rings. The third-order valence-electron chi connectivity index (χ3n) is 13.3. The Kier molecular flexibility index (Phi) is 7.52. The van der Waals surface area contributed by atoms with Gasteiger partial charge in [-0.2, -0.15) is 0 Å². The first-order valence-electron chi connectivity index (χ1n) is 21.4. The number of fused-ring (bicyclic) bond motifs is 13. The van der Waals surface area contributed by atoms with Gasteiger partial charge in [0.2, 0.25) is 0 Å². The summed E-state index contributed by atoms with van der Waals surface area (Å²) in [6, 6.07) is 87.0. The minimum atomic E-state index is -0.553. The second kappa shape index (κ2) is 13.4.